The van der Waals surface area contributed by atoms with E-state index < -0.39 is 64.6 Å². The minimum Gasteiger partial charge on any atom is -0.274 e. The van der Waals surface area contributed by atoms with Crippen LogP contribution in [0, 0.1) is 11.6 Å². The van der Waals surface area contributed by atoms with E-state index in [1.54, 1.807) is 0 Å². The summed E-state index contributed by atoms with van der Waals surface area (Å²) in [6, 6.07) is 3.81. The van der Waals surface area contributed by atoms with Crippen molar-refractivity contribution < 1.29 is 44.7 Å². The number of imide groups is 1. The number of hydrogen-bond donors (Lipinski definition) is 0. The standard InChI is InChI=1S/C27H29F8NO2/c1-2-3-4-5-6-7-8-9-10-17-36(24(37)18-13-11-15-20(22(18)28)26(30,31)32)25(38)19-14-12-16-21(23(19)29)27(33,34)35/h11-16H,2-10,17H2,1H3. The number of halogens is 8. The van der Waals surface area contributed by atoms with Crippen molar-refractivity contribution in [3.8, 4) is 0 Å². The molecular weight excluding hydrogens is 522 g/mol. The van der Waals surface area contributed by atoms with Gasteiger partial charge in [0.2, 0.25) is 0 Å². The fourth-order valence-corrected chi connectivity index (χ4v) is 4.00. The molecule has 2 rings (SSSR count). The molecule has 0 saturated carbocycles. The Labute approximate surface area is 215 Å². The monoisotopic (exact) mass is 551 g/mol. The SMILES string of the molecule is CCCCCCCCCCCN(C(=O)c1cccc(C(F)(F)F)c1F)C(=O)c1cccc(C(F)(F)F)c1F. The second-order valence-electron chi connectivity index (χ2n) is 8.92. The Bertz CT molecular complexity index is 1020. The van der Waals surface area contributed by atoms with E-state index >= 15 is 0 Å². The maximum atomic E-state index is 14.7. The third-order valence-electron chi connectivity index (χ3n) is 6.04. The highest BCUT2D eigenvalue weighted by Gasteiger charge is 2.39. The zero-order valence-corrected chi connectivity index (χ0v) is 20.8. The van der Waals surface area contributed by atoms with Crippen molar-refractivity contribution in [2.24, 2.45) is 0 Å². The molecule has 38 heavy (non-hydrogen) atoms. The Hall–Kier alpha value is -2.98. The second kappa shape index (κ2) is 13.7. The molecule has 3 nitrogen and oxygen atoms in total. The van der Waals surface area contributed by atoms with E-state index in [9.17, 15) is 44.7 Å². The molecule has 0 saturated heterocycles. The van der Waals surface area contributed by atoms with Crippen LogP contribution < -0.4 is 0 Å². The highest BCUT2D eigenvalue weighted by atomic mass is 19.4. The molecule has 0 unspecified atom stereocenters. The van der Waals surface area contributed by atoms with Crippen LogP contribution in [0.5, 0.6) is 0 Å². The predicted molar refractivity (Wildman–Crippen MR) is 125 cm³/mol. The quantitative estimate of drug-likeness (QED) is 0.150. The molecule has 210 valence electrons. The van der Waals surface area contributed by atoms with Crippen LogP contribution in [0.2, 0.25) is 0 Å². The summed E-state index contributed by atoms with van der Waals surface area (Å²) in [7, 11) is 0. The minimum absolute atomic E-state index is 0.146. The van der Waals surface area contributed by atoms with Gasteiger partial charge in [0.25, 0.3) is 11.8 Å². The summed E-state index contributed by atoms with van der Waals surface area (Å²) in [6.07, 6.45) is -2.76. The molecule has 11 heteroatoms. The first-order valence-corrected chi connectivity index (χ1v) is 12.4. The third-order valence-corrected chi connectivity index (χ3v) is 6.04. The van der Waals surface area contributed by atoms with Gasteiger partial charge in [-0.15, -0.1) is 0 Å². The van der Waals surface area contributed by atoms with E-state index in [0.29, 0.717) is 29.9 Å². The van der Waals surface area contributed by atoms with Crippen molar-refractivity contribution in [2.45, 2.75) is 77.1 Å². The van der Waals surface area contributed by atoms with Crippen molar-refractivity contribution in [3.05, 3.63) is 70.3 Å². The summed E-state index contributed by atoms with van der Waals surface area (Å²) < 4.78 is 108. The number of alkyl halides is 6. The summed E-state index contributed by atoms with van der Waals surface area (Å²) >= 11 is 0. The Morgan fingerprint density at radius 3 is 1.37 bits per heavy atom. The van der Waals surface area contributed by atoms with Crippen LogP contribution in [-0.2, 0) is 12.4 Å². The van der Waals surface area contributed by atoms with E-state index in [1.165, 1.54) is 0 Å². The van der Waals surface area contributed by atoms with Crippen LogP contribution in [-0.4, -0.2) is 23.3 Å². The molecule has 0 radical (unpaired) electrons. The van der Waals surface area contributed by atoms with Gasteiger partial charge < -0.3 is 0 Å². The van der Waals surface area contributed by atoms with Crippen LogP contribution in [0.4, 0.5) is 35.1 Å². The Morgan fingerprint density at radius 1 is 0.632 bits per heavy atom. The maximum Gasteiger partial charge on any atom is 0.419 e. The van der Waals surface area contributed by atoms with Crippen molar-refractivity contribution >= 4 is 11.8 Å². The molecule has 0 aliphatic carbocycles. The molecule has 0 bridgehead atoms. The van der Waals surface area contributed by atoms with Gasteiger partial charge in [0.15, 0.2) is 0 Å². The number of nitrogens with zero attached hydrogens (tertiary/aromatic N) is 1. The lowest BCUT2D eigenvalue weighted by molar-refractivity contribution is -0.140. The number of carbonyl (C=O) groups is 2. The predicted octanol–water partition coefficient (Wildman–Crippen LogP) is 8.82. The molecular formula is C27H29F8NO2. The molecule has 0 fully saturated rings. The highest BCUT2D eigenvalue weighted by Crippen LogP contribution is 2.34. The minimum atomic E-state index is -5.14. The van der Waals surface area contributed by atoms with Gasteiger partial charge in [0.05, 0.1) is 22.3 Å². The number of amides is 2. The fourth-order valence-electron chi connectivity index (χ4n) is 4.00. The molecule has 0 N–H and O–H groups in total. The second-order valence-corrected chi connectivity index (χ2v) is 8.92. The largest absolute Gasteiger partial charge is 0.419 e. The lowest BCUT2D eigenvalue weighted by atomic mass is 10.0. The van der Waals surface area contributed by atoms with Crippen molar-refractivity contribution in [1.82, 2.24) is 4.90 Å². The Kier molecular flexibility index (Phi) is 11.3. The fraction of sp³-hybridized carbons (Fsp3) is 0.481. The molecule has 0 atom stereocenters. The first kappa shape index (κ1) is 31.2. The van der Waals surface area contributed by atoms with E-state index in [0.717, 1.165) is 62.8 Å². The lowest BCUT2D eigenvalue weighted by Gasteiger charge is -2.23. The highest BCUT2D eigenvalue weighted by molar-refractivity contribution is 6.10. The first-order chi connectivity index (χ1) is 17.8. The molecule has 0 aromatic heterocycles. The molecule has 2 amide bonds. The molecule has 2 aromatic carbocycles. The van der Waals surface area contributed by atoms with E-state index in [1.807, 2.05) is 0 Å². The van der Waals surface area contributed by atoms with E-state index in [2.05, 4.69) is 6.92 Å². The van der Waals surface area contributed by atoms with Crippen LogP contribution in [0.25, 0.3) is 0 Å². The number of rotatable bonds is 12. The van der Waals surface area contributed by atoms with Gasteiger partial charge in [0, 0.05) is 6.54 Å². The van der Waals surface area contributed by atoms with Crippen molar-refractivity contribution in [3.63, 3.8) is 0 Å². The Balaban J connectivity index is 2.31. The number of unbranched alkanes of at least 4 members (excludes halogenated alkanes) is 8. The number of carbonyl (C=O) groups excluding carboxylic acids is 2. The summed E-state index contributed by atoms with van der Waals surface area (Å²) in [5, 5.41) is 0. The molecule has 0 aliphatic heterocycles. The molecule has 0 heterocycles. The van der Waals surface area contributed by atoms with Crippen LogP contribution >= 0.6 is 0 Å². The van der Waals surface area contributed by atoms with Gasteiger partial charge in [0.1, 0.15) is 11.6 Å². The summed E-state index contributed by atoms with van der Waals surface area (Å²) in [5.41, 5.74) is -5.69. The van der Waals surface area contributed by atoms with Gasteiger partial charge in [-0.3, -0.25) is 14.5 Å². The smallest absolute Gasteiger partial charge is 0.274 e. The third kappa shape index (κ3) is 8.26. The molecule has 0 spiro atoms. The van der Waals surface area contributed by atoms with Crippen LogP contribution in [0.15, 0.2) is 36.4 Å². The summed E-state index contributed by atoms with van der Waals surface area (Å²) in [6.45, 7) is 1.64. The summed E-state index contributed by atoms with van der Waals surface area (Å²) in [4.78, 5) is 26.4. The van der Waals surface area contributed by atoms with Crippen molar-refractivity contribution in [1.29, 1.82) is 0 Å². The lowest BCUT2D eigenvalue weighted by Crippen LogP contribution is -2.39. The van der Waals surface area contributed by atoms with E-state index in [-0.39, 0.29) is 6.42 Å². The summed E-state index contributed by atoms with van der Waals surface area (Å²) in [5.74, 6) is -6.87. The zero-order chi connectivity index (χ0) is 28.5. The van der Waals surface area contributed by atoms with Crippen molar-refractivity contribution in [2.75, 3.05) is 6.54 Å². The van der Waals surface area contributed by atoms with Crippen LogP contribution in [0.1, 0.15) is 96.6 Å². The van der Waals surface area contributed by atoms with E-state index in [4.69, 9.17) is 0 Å². The first-order valence-electron chi connectivity index (χ1n) is 12.4. The average Bonchev–Trinajstić information content (AvgIpc) is 2.83. The topological polar surface area (TPSA) is 37.4 Å². The van der Waals surface area contributed by atoms with Gasteiger partial charge in [-0.25, -0.2) is 8.78 Å². The number of benzene rings is 2. The normalized spacial score (nSPS) is 12.0. The van der Waals surface area contributed by atoms with Gasteiger partial charge >= 0.3 is 12.4 Å². The van der Waals surface area contributed by atoms with Gasteiger partial charge in [-0.05, 0) is 30.7 Å². The maximum absolute atomic E-state index is 14.7. The average molecular weight is 552 g/mol. The molecule has 2 aromatic rings. The number of hydrogen-bond acceptors (Lipinski definition) is 2. The zero-order valence-electron chi connectivity index (χ0n) is 20.8. The Morgan fingerprint density at radius 2 is 1.00 bits per heavy atom. The van der Waals surface area contributed by atoms with Crippen LogP contribution in [0.3, 0.4) is 0 Å². The van der Waals surface area contributed by atoms with Gasteiger partial charge in [-0.2, -0.15) is 26.3 Å². The van der Waals surface area contributed by atoms with Gasteiger partial charge in [-0.1, -0.05) is 70.4 Å². The molecule has 0 aliphatic rings.